The molecule has 0 bridgehead atoms. The molecule has 31 heavy (non-hydrogen) atoms. The van der Waals surface area contributed by atoms with E-state index < -0.39 is 0 Å². The summed E-state index contributed by atoms with van der Waals surface area (Å²) in [5.74, 6) is 1.00. The Morgan fingerprint density at radius 2 is 1.81 bits per heavy atom. The quantitative estimate of drug-likeness (QED) is 0.407. The maximum Gasteiger partial charge on any atom is 0.193 e. The van der Waals surface area contributed by atoms with Crippen LogP contribution in [0.3, 0.4) is 0 Å². The first-order valence-electron chi connectivity index (χ1n) is 12.0. The first kappa shape index (κ1) is 22.4. The van der Waals surface area contributed by atoms with Crippen molar-refractivity contribution in [3.05, 3.63) is 30.3 Å². The molecule has 3 aliphatic heterocycles. The van der Waals surface area contributed by atoms with E-state index in [1.54, 1.807) is 0 Å². The summed E-state index contributed by atoms with van der Waals surface area (Å²) in [6.07, 6.45) is 5.07. The predicted octanol–water partition coefficient (Wildman–Crippen LogP) is 2.04. The SMILES string of the molecule is CN=C(NCCCCN1CCN(c2ccccc2)CC1)N1CCOC(C2CCCO2)C1. The Labute approximate surface area is 187 Å². The highest BCUT2D eigenvalue weighted by atomic mass is 16.5. The fourth-order valence-electron chi connectivity index (χ4n) is 4.85. The van der Waals surface area contributed by atoms with Crippen LogP contribution in [0.2, 0.25) is 0 Å². The van der Waals surface area contributed by atoms with E-state index in [0.717, 1.165) is 84.2 Å². The largest absolute Gasteiger partial charge is 0.375 e. The minimum absolute atomic E-state index is 0.171. The van der Waals surface area contributed by atoms with Crippen LogP contribution in [0.25, 0.3) is 0 Å². The smallest absolute Gasteiger partial charge is 0.193 e. The Morgan fingerprint density at radius 3 is 2.55 bits per heavy atom. The Bertz CT molecular complexity index is 672. The maximum absolute atomic E-state index is 5.97. The summed E-state index contributed by atoms with van der Waals surface area (Å²) in [5, 5.41) is 3.57. The summed E-state index contributed by atoms with van der Waals surface area (Å²) in [4.78, 5) is 11.9. The van der Waals surface area contributed by atoms with E-state index in [1.165, 1.54) is 18.7 Å². The van der Waals surface area contributed by atoms with E-state index in [9.17, 15) is 0 Å². The van der Waals surface area contributed by atoms with Gasteiger partial charge in [-0.05, 0) is 44.4 Å². The molecule has 7 heteroatoms. The number of para-hydroxylation sites is 1. The fraction of sp³-hybridized carbons (Fsp3) is 0.708. The minimum atomic E-state index is 0.171. The molecule has 0 radical (unpaired) electrons. The molecule has 2 atom stereocenters. The molecule has 0 aliphatic carbocycles. The first-order valence-corrected chi connectivity index (χ1v) is 12.0. The van der Waals surface area contributed by atoms with Crippen molar-refractivity contribution in [3.8, 4) is 0 Å². The monoisotopic (exact) mass is 429 g/mol. The van der Waals surface area contributed by atoms with Crippen molar-refractivity contribution in [2.45, 2.75) is 37.9 Å². The molecular weight excluding hydrogens is 390 g/mol. The van der Waals surface area contributed by atoms with Gasteiger partial charge in [0.2, 0.25) is 0 Å². The average Bonchev–Trinajstić information content (AvgIpc) is 3.38. The summed E-state index contributed by atoms with van der Waals surface area (Å²) < 4.78 is 11.8. The highest BCUT2D eigenvalue weighted by Crippen LogP contribution is 2.21. The van der Waals surface area contributed by atoms with Crippen molar-refractivity contribution in [3.63, 3.8) is 0 Å². The van der Waals surface area contributed by atoms with Gasteiger partial charge >= 0.3 is 0 Å². The number of unbranched alkanes of at least 4 members (excludes halogenated alkanes) is 1. The third kappa shape index (κ3) is 6.34. The van der Waals surface area contributed by atoms with E-state index in [2.05, 4.69) is 55.3 Å². The van der Waals surface area contributed by atoms with Gasteiger partial charge in [0, 0.05) is 65.2 Å². The van der Waals surface area contributed by atoms with Crippen LogP contribution in [0, 0.1) is 0 Å². The van der Waals surface area contributed by atoms with E-state index in [-0.39, 0.29) is 12.2 Å². The van der Waals surface area contributed by atoms with Gasteiger partial charge in [-0.1, -0.05) is 18.2 Å². The number of rotatable bonds is 7. The lowest BCUT2D eigenvalue weighted by Crippen LogP contribution is -2.53. The van der Waals surface area contributed by atoms with Crippen LogP contribution in [0.15, 0.2) is 35.3 Å². The highest BCUT2D eigenvalue weighted by molar-refractivity contribution is 5.80. The van der Waals surface area contributed by atoms with E-state index >= 15 is 0 Å². The molecule has 1 N–H and O–H groups in total. The Kier molecular flexibility index (Phi) is 8.44. The third-order valence-electron chi connectivity index (χ3n) is 6.66. The topological polar surface area (TPSA) is 52.6 Å². The summed E-state index contributed by atoms with van der Waals surface area (Å²) in [5.41, 5.74) is 1.35. The van der Waals surface area contributed by atoms with Crippen LogP contribution in [-0.2, 0) is 9.47 Å². The molecule has 3 saturated heterocycles. The van der Waals surface area contributed by atoms with Gasteiger partial charge in [0.15, 0.2) is 5.96 Å². The lowest BCUT2D eigenvalue weighted by atomic mass is 10.1. The summed E-state index contributed by atoms with van der Waals surface area (Å²) in [6, 6.07) is 10.8. The van der Waals surface area contributed by atoms with Crippen LogP contribution < -0.4 is 10.2 Å². The maximum atomic E-state index is 5.97. The van der Waals surface area contributed by atoms with E-state index in [0.29, 0.717) is 0 Å². The van der Waals surface area contributed by atoms with Crippen LogP contribution in [-0.4, -0.2) is 101 Å². The second kappa shape index (κ2) is 11.7. The van der Waals surface area contributed by atoms with Crippen molar-refractivity contribution in [1.29, 1.82) is 0 Å². The number of aliphatic imine (C=N–C) groups is 1. The minimum Gasteiger partial charge on any atom is -0.375 e. The summed E-state index contributed by atoms with van der Waals surface area (Å²) in [6.45, 7) is 10.1. The highest BCUT2D eigenvalue weighted by Gasteiger charge is 2.32. The summed E-state index contributed by atoms with van der Waals surface area (Å²) in [7, 11) is 1.88. The van der Waals surface area contributed by atoms with Crippen LogP contribution in [0.1, 0.15) is 25.7 Å². The lowest BCUT2D eigenvalue weighted by Gasteiger charge is -2.37. The number of benzene rings is 1. The molecule has 0 amide bonds. The van der Waals surface area contributed by atoms with Gasteiger partial charge in [-0.15, -0.1) is 0 Å². The van der Waals surface area contributed by atoms with Crippen molar-refractivity contribution >= 4 is 11.6 Å². The molecule has 3 fully saturated rings. The van der Waals surface area contributed by atoms with Gasteiger partial charge in [0.25, 0.3) is 0 Å². The molecule has 0 saturated carbocycles. The Balaban J connectivity index is 1.10. The lowest BCUT2D eigenvalue weighted by molar-refractivity contribution is -0.0816. The van der Waals surface area contributed by atoms with Gasteiger partial charge in [0.1, 0.15) is 6.10 Å². The van der Waals surface area contributed by atoms with Crippen molar-refractivity contribution in [2.75, 3.05) is 77.5 Å². The molecule has 1 aromatic rings. The molecule has 7 nitrogen and oxygen atoms in total. The standard InChI is InChI=1S/C24H39N5O2/c1-25-24(29-17-19-31-23(20-29)22-10-7-18-30-22)26-11-5-6-12-27-13-15-28(16-14-27)21-8-3-2-4-9-21/h2-4,8-9,22-23H,5-7,10-20H2,1H3,(H,25,26). The molecule has 0 spiro atoms. The number of ether oxygens (including phenoxy) is 2. The predicted molar refractivity (Wildman–Crippen MR) is 126 cm³/mol. The zero-order valence-electron chi connectivity index (χ0n) is 19.0. The first-order chi connectivity index (χ1) is 15.3. The van der Waals surface area contributed by atoms with Crippen LogP contribution >= 0.6 is 0 Å². The normalized spacial score (nSPS) is 25.8. The zero-order valence-corrected chi connectivity index (χ0v) is 19.0. The number of hydrogen-bond donors (Lipinski definition) is 1. The molecular formula is C24H39N5O2. The number of piperazine rings is 1. The molecule has 4 rings (SSSR count). The van der Waals surface area contributed by atoms with Crippen molar-refractivity contribution in [1.82, 2.24) is 15.1 Å². The second-order valence-electron chi connectivity index (χ2n) is 8.75. The van der Waals surface area contributed by atoms with E-state index in [1.807, 2.05) is 7.05 Å². The fourth-order valence-corrected chi connectivity index (χ4v) is 4.85. The molecule has 2 unspecified atom stereocenters. The number of guanidine groups is 1. The molecule has 3 aliphatic rings. The molecule has 172 valence electrons. The number of nitrogens with one attached hydrogen (secondary N) is 1. The number of hydrogen-bond acceptors (Lipinski definition) is 5. The van der Waals surface area contributed by atoms with Crippen LogP contribution in [0.5, 0.6) is 0 Å². The van der Waals surface area contributed by atoms with Gasteiger partial charge in [0.05, 0.1) is 12.7 Å². The van der Waals surface area contributed by atoms with Gasteiger partial charge in [-0.25, -0.2) is 0 Å². The van der Waals surface area contributed by atoms with Crippen LogP contribution in [0.4, 0.5) is 5.69 Å². The zero-order chi connectivity index (χ0) is 21.3. The number of nitrogens with zero attached hydrogens (tertiary/aromatic N) is 4. The average molecular weight is 430 g/mol. The number of anilines is 1. The third-order valence-corrected chi connectivity index (χ3v) is 6.66. The molecule has 3 heterocycles. The Hall–Kier alpha value is -1.83. The number of morpholine rings is 1. The van der Waals surface area contributed by atoms with Crippen molar-refractivity contribution in [2.24, 2.45) is 4.99 Å². The Morgan fingerprint density at radius 1 is 1.00 bits per heavy atom. The van der Waals surface area contributed by atoms with Crippen molar-refractivity contribution < 1.29 is 9.47 Å². The molecule has 0 aromatic heterocycles. The molecule has 1 aromatic carbocycles. The second-order valence-corrected chi connectivity index (χ2v) is 8.75. The van der Waals surface area contributed by atoms with Gasteiger partial charge in [-0.2, -0.15) is 0 Å². The van der Waals surface area contributed by atoms with E-state index in [4.69, 9.17) is 9.47 Å². The summed E-state index contributed by atoms with van der Waals surface area (Å²) >= 11 is 0. The van der Waals surface area contributed by atoms with Gasteiger partial charge < -0.3 is 24.6 Å². The van der Waals surface area contributed by atoms with Gasteiger partial charge in [-0.3, -0.25) is 9.89 Å².